The van der Waals surface area contributed by atoms with Crippen LogP contribution in [0, 0.1) is 18.7 Å². The number of aryl methyl sites for hydroxylation is 1. The Morgan fingerprint density at radius 2 is 2.26 bits per heavy atom. The zero-order chi connectivity index (χ0) is 16.2. The number of benzene rings is 1. The quantitative estimate of drug-likeness (QED) is 0.867. The highest BCUT2D eigenvalue weighted by Crippen LogP contribution is 2.22. The summed E-state index contributed by atoms with van der Waals surface area (Å²) in [5, 5.41) is 0. The number of hydrogen-bond donors (Lipinski definition) is 0. The van der Waals surface area contributed by atoms with Gasteiger partial charge in [-0.15, -0.1) is 0 Å². The molecule has 1 aliphatic rings. The summed E-state index contributed by atoms with van der Waals surface area (Å²) in [6.07, 6.45) is 6.69. The van der Waals surface area contributed by atoms with Crippen LogP contribution in [0.5, 0.6) is 0 Å². The van der Waals surface area contributed by atoms with Crippen molar-refractivity contribution in [3.8, 4) is 0 Å². The van der Waals surface area contributed by atoms with Crippen LogP contribution in [0.4, 0.5) is 4.39 Å². The van der Waals surface area contributed by atoms with E-state index in [1.54, 1.807) is 25.3 Å². The van der Waals surface area contributed by atoms with Crippen LogP contribution in [-0.4, -0.2) is 28.9 Å². The van der Waals surface area contributed by atoms with E-state index in [1.165, 1.54) is 11.6 Å². The zero-order valence-electron chi connectivity index (χ0n) is 13.3. The molecule has 0 N–H and O–H groups in total. The highest BCUT2D eigenvalue weighted by atomic mass is 19.1. The van der Waals surface area contributed by atoms with Crippen molar-refractivity contribution in [2.75, 3.05) is 13.1 Å². The SMILES string of the molecule is Cc1ccc(C(=O)N2CCCC(Cc3cccnc3)C2)cc1F. The van der Waals surface area contributed by atoms with Gasteiger partial charge in [-0.05, 0) is 61.4 Å². The van der Waals surface area contributed by atoms with Crippen molar-refractivity contribution in [3.05, 3.63) is 65.2 Å². The summed E-state index contributed by atoms with van der Waals surface area (Å²) in [6.45, 7) is 3.18. The number of piperidine rings is 1. The normalized spacial score (nSPS) is 18.0. The molecule has 1 fully saturated rings. The lowest BCUT2D eigenvalue weighted by molar-refractivity contribution is 0.0673. The fraction of sp³-hybridized carbons (Fsp3) is 0.368. The van der Waals surface area contributed by atoms with Crippen LogP contribution in [0.3, 0.4) is 0 Å². The Morgan fingerprint density at radius 1 is 1.39 bits per heavy atom. The first-order chi connectivity index (χ1) is 11.1. The van der Waals surface area contributed by atoms with Crippen molar-refractivity contribution in [1.29, 1.82) is 0 Å². The second-order valence-corrected chi connectivity index (χ2v) is 6.29. The van der Waals surface area contributed by atoms with Gasteiger partial charge in [-0.1, -0.05) is 12.1 Å². The number of aromatic nitrogens is 1. The van der Waals surface area contributed by atoms with Crippen molar-refractivity contribution in [3.63, 3.8) is 0 Å². The molecular weight excluding hydrogens is 291 g/mol. The molecule has 0 radical (unpaired) electrons. The molecule has 1 aromatic carbocycles. The third-order valence-corrected chi connectivity index (χ3v) is 4.47. The second kappa shape index (κ2) is 6.90. The molecule has 3 nitrogen and oxygen atoms in total. The first-order valence-corrected chi connectivity index (χ1v) is 8.08. The lowest BCUT2D eigenvalue weighted by Crippen LogP contribution is -2.40. The van der Waals surface area contributed by atoms with Crippen molar-refractivity contribution in [2.24, 2.45) is 5.92 Å². The third-order valence-electron chi connectivity index (χ3n) is 4.47. The predicted molar refractivity (Wildman–Crippen MR) is 87.7 cm³/mol. The number of hydrogen-bond acceptors (Lipinski definition) is 2. The van der Waals surface area contributed by atoms with Crippen LogP contribution in [0.25, 0.3) is 0 Å². The van der Waals surface area contributed by atoms with Crippen LogP contribution >= 0.6 is 0 Å². The highest BCUT2D eigenvalue weighted by molar-refractivity contribution is 5.94. The number of amides is 1. The summed E-state index contributed by atoms with van der Waals surface area (Å²) < 4.78 is 13.7. The molecule has 1 aliphatic heterocycles. The topological polar surface area (TPSA) is 33.2 Å². The monoisotopic (exact) mass is 312 g/mol. The average Bonchev–Trinajstić information content (AvgIpc) is 2.58. The van der Waals surface area contributed by atoms with Crippen LogP contribution < -0.4 is 0 Å². The molecule has 1 saturated heterocycles. The van der Waals surface area contributed by atoms with Gasteiger partial charge in [0, 0.05) is 31.0 Å². The molecule has 1 atom stereocenters. The van der Waals surface area contributed by atoms with Crippen molar-refractivity contribution < 1.29 is 9.18 Å². The Hall–Kier alpha value is -2.23. The second-order valence-electron chi connectivity index (χ2n) is 6.29. The molecule has 2 heterocycles. The highest BCUT2D eigenvalue weighted by Gasteiger charge is 2.25. The summed E-state index contributed by atoms with van der Waals surface area (Å²) in [6, 6.07) is 8.74. The molecule has 4 heteroatoms. The van der Waals surface area contributed by atoms with Gasteiger partial charge in [-0.2, -0.15) is 0 Å². The van der Waals surface area contributed by atoms with Crippen LogP contribution in [-0.2, 0) is 6.42 Å². The Kier molecular flexibility index (Phi) is 4.70. The number of pyridine rings is 1. The number of halogens is 1. The summed E-state index contributed by atoms with van der Waals surface area (Å²) >= 11 is 0. The third kappa shape index (κ3) is 3.76. The molecule has 0 bridgehead atoms. The molecule has 1 aromatic heterocycles. The maximum Gasteiger partial charge on any atom is 0.253 e. The smallest absolute Gasteiger partial charge is 0.253 e. The molecule has 120 valence electrons. The van der Waals surface area contributed by atoms with Crippen LogP contribution in [0.15, 0.2) is 42.7 Å². The minimum atomic E-state index is -0.320. The molecule has 1 amide bonds. The van der Waals surface area contributed by atoms with Gasteiger partial charge in [0.1, 0.15) is 5.82 Å². The Morgan fingerprint density at radius 3 is 3.00 bits per heavy atom. The van der Waals surface area contributed by atoms with E-state index in [0.29, 0.717) is 17.0 Å². The molecule has 0 aliphatic carbocycles. The fourth-order valence-electron chi connectivity index (χ4n) is 3.18. The van der Waals surface area contributed by atoms with Crippen LogP contribution in [0.2, 0.25) is 0 Å². The van der Waals surface area contributed by atoms with Crippen molar-refractivity contribution in [1.82, 2.24) is 9.88 Å². The number of carbonyl (C=O) groups excluding carboxylic acids is 1. The van der Waals surface area contributed by atoms with Crippen molar-refractivity contribution >= 4 is 5.91 Å². The first-order valence-electron chi connectivity index (χ1n) is 8.08. The number of nitrogens with zero attached hydrogens (tertiary/aromatic N) is 2. The van der Waals surface area contributed by atoms with E-state index < -0.39 is 0 Å². The van der Waals surface area contributed by atoms with Gasteiger partial charge < -0.3 is 4.90 Å². The summed E-state index contributed by atoms with van der Waals surface area (Å²) in [4.78, 5) is 18.6. The zero-order valence-corrected chi connectivity index (χ0v) is 13.3. The molecule has 23 heavy (non-hydrogen) atoms. The van der Waals surface area contributed by atoms with E-state index in [2.05, 4.69) is 11.1 Å². The molecular formula is C19H21FN2O. The Bertz CT molecular complexity index is 687. The Balaban J connectivity index is 1.68. The fourth-order valence-corrected chi connectivity index (χ4v) is 3.18. The van der Waals surface area contributed by atoms with E-state index in [-0.39, 0.29) is 11.7 Å². The standard InChI is InChI=1S/C19H21FN2O/c1-14-6-7-17(11-18(14)20)19(23)22-9-3-5-16(13-22)10-15-4-2-8-21-12-15/h2,4,6-8,11-12,16H,3,5,9-10,13H2,1H3. The maximum atomic E-state index is 13.7. The number of likely N-dealkylation sites (tertiary alicyclic amines) is 1. The molecule has 0 saturated carbocycles. The summed E-state index contributed by atoms with van der Waals surface area (Å²) in [5.41, 5.74) is 2.21. The lowest BCUT2D eigenvalue weighted by atomic mass is 9.91. The maximum absolute atomic E-state index is 13.7. The summed E-state index contributed by atoms with van der Waals surface area (Å²) in [7, 11) is 0. The number of rotatable bonds is 3. The van der Waals surface area contributed by atoms with Gasteiger partial charge in [0.25, 0.3) is 5.91 Å². The predicted octanol–water partition coefficient (Wildman–Crippen LogP) is 3.62. The molecule has 2 aromatic rings. The van der Waals surface area contributed by atoms with Gasteiger partial charge in [0.2, 0.25) is 0 Å². The van der Waals surface area contributed by atoms with Gasteiger partial charge in [-0.3, -0.25) is 9.78 Å². The van der Waals surface area contributed by atoms with E-state index >= 15 is 0 Å². The van der Waals surface area contributed by atoms with E-state index in [9.17, 15) is 9.18 Å². The lowest BCUT2D eigenvalue weighted by Gasteiger charge is -2.33. The van der Waals surface area contributed by atoms with Gasteiger partial charge in [0.15, 0.2) is 0 Å². The minimum absolute atomic E-state index is 0.0696. The summed E-state index contributed by atoms with van der Waals surface area (Å²) in [5.74, 6) is 0.0479. The molecule has 1 unspecified atom stereocenters. The van der Waals surface area contributed by atoms with E-state index in [1.807, 2.05) is 17.2 Å². The van der Waals surface area contributed by atoms with Gasteiger partial charge in [-0.25, -0.2) is 4.39 Å². The Labute approximate surface area is 136 Å². The van der Waals surface area contributed by atoms with Gasteiger partial charge in [0.05, 0.1) is 0 Å². The van der Waals surface area contributed by atoms with Crippen LogP contribution in [0.1, 0.15) is 34.3 Å². The molecule has 3 rings (SSSR count). The van der Waals surface area contributed by atoms with E-state index in [0.717, 1.165) is 32.4 Å². The first kappa shape index (κ1) is 15.7. The van der Waals surface area contributed by atoms with E-state index in [4.69, 9.17) is 0 Å². The minimum Gasteiger partial charge on any atom is -0.338 e. The largest absolute Gasteiger partial charge is 0.338 e. The number of carbonyl (C=O) groups is 1. The molecule has 0 spiro atoms. The van der Waals surface area contributed by atoms with Gasteiger partial charge >= 0.3 is 0 Å². The van der Waals surface area contributed by atoms with Crippen molar-refractivity contribution in [2.45, 2.75) is 26.2 Å². The average molecular weight is 312 g/mol.